The van der Waals surface area contributed by atoms with E-state index in [0.717, 1.165) is 38.2 Å². The Balaban J connectivity index is 2.01. The SMILES string of the molecule is CC(c1cccc(C#N)c1)N1CCCN(CC(=O)O)CC1. The van der Waals surface area contributed by atoms with Crippen molar-refractivity contribution in [3.05, 3.63) is 35.4 Å². The second-order valence-corrected chi connectivity index (χ2v) is 5.47. The van der Waals surface area contributed by atoms with Crippen LogP contribution < -0.4 is 0 Å². The van der Waals surface area contributed by atoms with Crippen molar-refractivity contribution in [1.29, 1.82) is 5.26 Å². The highest BCUT2D eigenvalue weighted by Crippen LogP contribution is 2.22. The van der Waals surface area contributed by atoms with Crippen LogP contribution in [-0.4, -0.2) is 53.6 Å². The summed E-state index contributed by atoms with van der Waals surface area (Å²) in [5, 5.41) is 17.9. The number of rotatable bonds is 4. The normalized spacial score (nSPS) is 18.7. The molecule has 0 saturated carbocycles. The van der Waals surface area contributed by atoms with Crippen LogP contribution in [0.1, 0.15) is 30.5 Å². The first-order valence-corrected chi connectivity index (χ1v) is 7.28. The largest absolute Gasteiger partial charge is 0.480 e. The van der Waals surface area contributed by atoms with Gasteiger partial charge in [-0.2, -0.15) is 5.26 Å². The zero-order valence-electron chi connectivity index (χ0n) is 12.3. The predicted octanol–water partition coefficient (Wildman–Crippen LogP) is 1.71. The fraction of sp³-hybridized carbons (Fsp3) is 0.500. The third-order valence-electron chi connectivity index (χ3n) is 4.03. The maximum atomic E-state index is 10.8. The zero-order valence-corrected chi connectivity index (χ0v) is 12.3. The van der Waals surface area contributed by atoms with Gasteiger partial charge in [0.2, 0.25) is 0 Å². The summed E-state index contributed by atoms with van der Waals surface area (Å²) >= 11 is 0. The smallest absolute Gasteiger partial charge is 0.317 e. The van der Waals surface area contributed by atoms with Crippen LogP contribution in [0, 0.1) is 11.3 Å². The summed E-state index contributed by atoms with van der Waals surface area (Å²) in [5.74, 6) is -0.766. The Hall–Kier alpha value is -1.90. The van der Waals surface area contributed by atoms with E-state index in [2.05, 4.69) is 17.9 Å². The topological polar surface area (TPSA) is 67.6 Å². The van der Waals surface area contributed by atoms with E-state index in [-0.39, 0.29) is 12.6 Å². The van der Waals surface area contributed by atoms with Gasteiger partial charge in [0.25, 0.3) is 0 Å². The predicted molar refractivity (Wildman–Crippen MR) is 79.8 cm³/mol. The number of carboxylic acid groups (broad SMARTS) is 1. The molecule has 1 N–H and O–H groups in total. The summed E-state index contributed by atoms with van der Waals surface area (Å²) in [6.07, 6.45) is 0.968. The van der Waals surface area contributed by atoms with Gasteiger partial charge in [-0.25, -0.2) is 0 Å². The van der Waals surface area contributed by atoms with Crippen LogP contribution in [-0.2, 0) is 4.79 Å². The van der Waals surface area contributed by atoms with Gasteiger partial charge in [-0.1, -0.05) is 12.1 Å². The van der Waals surface area contributed by atoms with Crippen molar-refractivity contribution >= 4 is 5.97 Å². The van der Waals surface area contributed by atoms with E-state index in [1.807, 2.05) is 29.2 Å². The molecule has 21 heavy (non-hydrogen) atoms. The molecular weight excluding hydrogens is 266 g/mol. The first kappa shape index (κ1) is 15.5. The van der Waals surface area contributed by atoms with E-state index in [1.54, 1.807) is 0 Å². The van der Waals surface area contributed by atoms with Gasteiger partial charge >= 0.3 is 5.97 Å². The van der Waals surface area contributed by atoms with E-state index in [9.17, 15) is 4.79 Å². The van der Waals surface area contributed by atoms with Crippen LogP contribution in [0.5, 0.6) is 0 Å². The Morgan fingerprint density at radius 1 is 1.38 bits per heavy atom. The van der Waals surface area contributed by atoms with Gasteiger partial charge in [0.05, 0.1) is 18.2 Å². The lowest BCUT2D eigenvalue weighted by Gasteiger charge is -2.28. The summed E-state index contributed by atoms with van der Waals surface area (Å²) in [6.45, 7) is 5.66. The summed E-state index contributed by atoms with van der Waals surface area (Å²) in [6, 6.07) is 10.1. The van der Waals surface area contributed by atoms with Gasteiger partial charge in [-0.3, -0.25) is 14.6 Å². The van der Waals surface area contributed by atoms with Crippen molar-refractivity contribution in [2.24, 2.45) is 0 Å². The van der Waals surface area contributed by atoms with E-state index in [1.165, 1.54) is 0 Å². The third kappa shape index (κ3) is 4.28. The molecule has 0 radical (unpaired) electrons. The monoisotopic (exact) mass is 287 g/mol. The molecule has 0 spiro atoms. The molecule has 1 unspecified atom stereocenters. The molecule has 1 aromatic carbocycles. The van der Waals surface area contributed by atoms with E-state index >= 15 is 0 Å². The fourth-order valence-electron chi connectivity index (χ4n) is 2.81. The molecule has 1 fully saturated rings. The molecule has 1 heterocycles. The number of carboxylic acids is 1. The molecule has 0 amide bonds. The molecule has 1 saturated heterocycles. The Bertz CT molecular complexity index is 539. The molecule has 1 atom stereocenters. The van der Waals surface area contributed by atoms with Crippen molar-refractivity contribution in [2.75, 3.05) is 32.7 Å². The summed E-state index contributed by atoms with van der Waals surface area (Å²) < 4.78 is 0. The van der Waals surface area contributed by atoms with E-state index in [0.29, 0.717) is 5.56 Å². The number of hydrogen-bond donors (Lipinski definition) is 1. The van der Waals surface area contributed by atoms with Crippen molar-refractivity contribution in [2.45, 2.75) is 19.4 Å². The summed E-state index contributed by atoms with van der Waals surface area (Å²) in [7, 11) is 0. The second kappa shape index (κ2) is 7.21. The van der Waals surface area contributed by atoms with Crippen molar-refractivity contribution < 1.29 is 9.90 Å². The standard InChI is InChI=1S/C16H21N3O2/c1-13(15-5-2-4-14(10-15)11-17)19-7-3-6-18(8-9-19)12-16(20)21/h2,4-5,10,13H,3,6-9,12H2,1H3,(H,20,21). The molecule has 112 valence electrons. The molecule has 2 rings (SSSR count). The van der Waals surface area contributed by atoms with Gasteiger partial charge < -0.3 is 5.11 Å². The van der Waals surface area contributed by atoms with Gasteiger partial charge in [0, 0.05) is 32.2 Å². The maximum absolute atomic E-state index is 10.8. The van der Waals surface area contributed by atoms with Gasteiger partial charge in [-0.05, 0) is 31.0 Å². The maximum Gasteiger partial charge on any atom is 0.317 e. The minimum Gasteiger partial charge on any atom is -0.480 e. The number of nitriles is 1. The lowest BCUT2D eigenvalue weighted by molar-refractivity contribution is -0.138. The Morgan fingerprint density at radius 2 is 2.19 bits per heavy atom. The van der Waals surface area contributed by atoms with Gasteiger partial charge in [0.1, 0.15) is 0 Å². The molecule has 0 aliphatic carbocycles. The number of nitrogens with zero attached hydrogens (tertiary/aromatic N) is 3. The van der Waals surface area contributed by atoms with Crippen molar-refractivity contribution in [3.8, 4) is 6.07 Å². The molecule has 5 heteroatoms. The Labute approximate surface area is 125 Å². The molecule has 0 aromatic heterocycles. The average Bonchev–Trinajstić information content (AvgIpc) is 2.71. The van der Waals surface area contributed by atoms with Crippen LogP contribution in [0.4, 0.5) is 0 Å². The van der Waals surface area contributed by atoms with E-state index < -0.39 is 5.97 Å². The molecular formula is C16H21N3O2. The molecule has 1 aliphatic rings. The minimum absolute atomic E-state index is 0.117. The lowest BCUT2D eigenvalue weighted by Crippen LogP contribution is -2.35. The highest BCUT2D eigenvalue weighted by Gasteiger charge is 2.21. The zero-order chi connectivity index (χ0) is 15.2. The fourth-order valence-corrected chi connectivity index (χ4v) is 2.81. The highest BCUT2D eigenvalue weighted by molar-refractivity contribution is 5.69. The molecule has 5 nitrogen and oxygen atoms in total. The van der Waals surface area contributed by atoms with Crippen LogP contribution >= 0.6 is 0 Å². The van der Waals surface area contributed by atoms with Crippen LogP contribution in [0.25, 0.3) is 0 Å². The lowest BCUT2D eigenvalue weighted by atomic mass is 10.0. The number of benzene rings is 1. The average molecular weight is 287 g/mol. The number of carbonyl (C=O) groups is 1. The first-order chi connectivity index (χ1) is 10.1. The molecule has 0 bridgehead atoms. The third-order valence-corrected chi connectivity index (χ3v) is 4.03. The second-order valence-electron chi connectivity index (χ2n) is 5.47. The van der Waals surface area contributed by atoms with Crippen molar-refractivity contribution in [1.82, 2.24) is 9.80 Å². The number of hydrogen-bond acceptors (Lipinski definition) is 4. The van der Waals surface area contributed by atoms with Crippen LogP contribution in [0.2, 0.25) is 0 Å². The number of aliphatic carboxylic acids is 1. The van der Waals surface area contributed by atoms with Crippen LogP contribution in [0.15, 0.2) is 24.3 Å². The van der Waals surface area contributed by atoms with Crippen molar-refractivity contribution in [3.63, 3.8) is 0 Å². The highest BCUT2D eigenvalue weighted by atomic mass is 16.4. The molecule has 1 aromatic rings. The quantitative estimate of drug-likeness (QED) is 0.913. The van der Waals surface area contributed by atoms with Gasteiger partial charge in [0.15, 0.2) is 0 Å². The van der Waals surface area contributed by atoms with Gasteiger partial charge in [-0.15, -0.1) is 0 Å². The van der Waals surface area contributed by atoms with Crippen LogP contribution in [0.3, 0.4) is 0 Å². The Kier molecular flexibility index (Phi) is 5.32. The Morgan fingerprint density at radius 3 is 2.90 bits per heavy atom. The van der Waals surface area contributed by atoms with E-state index in [4.69, 9.17) is 10.4 Å². The summed E-state index contributed by atoms with van der Waals surface area (Å²) in [5.41, 5.74) is 1.82. The minimum atomic E-state index is -0.766. The molecule has 1 aliphatic heterocycles. The first-order valence-electron chi connectivity index (χ1n) is 7.28. The summed E-state index contributed by atoms with van der Waals surface area (Å²) in [4.78, 5) is 15.1.